The van der Waals surface area contributed by atoms with Gasteiger partial charge in [0.2, 0.25) is 0 Å². The zero-order valence-electron chi connectivity index (χ0n) is 16.0. The summed E-state index contributed by atoms with van der Waals surface area (Å²) < 4.78 is 17.7. The molecule has 0 radical (unpaired) electrons. The van der Waals surface area contributed by atoms with E-state index in [0.717, 1.165) is 12.5 Å². The second-order valence-corrected chi connectivity index (χ2v) is 9.33. The third-order valence-corrected chi connectivity index (χ3v) is 7.92. The molecular formula is C17H40NO3Si+. The first-order valence-electron chi connectivity index (χ1n) is 9.08. The van der Waals surface area contributed by atoms with Crippen molar-refractivity contribution in [2.45, 2.75) is 65.3 Å². The van der Waals surface area contributed by atoms with Gasteiger partial charge in [-0.15, -0.1) is 0 Å². The molecule has 0 heterocycles. The van der Waals surface area contributed by atoms with E-state index in [2.05, 4.69) is 20.8 Å². The molecule has 0 aromatic rings. The molecule has 5 heteroatoms. The predicted molar refractivity (Wildman–Crippen MR) is 96.0 cm³/mol. The van der Waals surface area contributed by atoms with Gasteiger partial charge in [-0.05, 0) is 39.5 Å². The molecule has 0 N–H and O–H groups in total. The Labute approximate surface area is 140 Å². The second kappa shape index (κ2) is 12.5. The van der Waals surface area contributed by atoms with Crippen molar-refractivity contribution in [3.63, 3.8) is 0 Å². The Morgan fingerprint density at radius 2 is 1.18 bits per heavy atom. The molecule has 0 fully saturated rings. The maximum absolute atomic E-state index is 5.46. The zero-order valence-corrected chi connectivity index (χ0v) is 17.0. The number of hydrogen-bond acceptors (Lipinski definition) is 3. The van der Waals surface area contributed by atoms with Gasteiger partial charge in [0.25, 0.3) is 0 Å². The minimum absolute atomic E-state index is 0.927. The van der Waals surface area contributed by atoms with E-state index < -0.39 is 8.80 Å². The number of nitrogens with zero attached hydrogens (tertiary/aromatic N) is 1. The highest BCUT2D eigenvalue weighted by Crippen LogP contribution is 2.18. The van der Waals surface area contributed by atoms with Crippen molar-refractivity contribution in [2.75, 3.05) is 47.5 Å². The summed E-state index contributed by atoms with van der Waals surface area (Å²) in [6.45, 7) is 12.2. The fourth-order valence-corrected chi connectivity index (χ4v) is 5.11. The minimum Gasteiger partial charge on any atom is -0.377 e. The lowest BCUT2D eigenvalue weighted by atomic mass is 10.1. The van der Waals surface area contributed by atoms with Crippen LogP contribution in [0.15, 0.2) is 0 Å². The molecule has 0 unspecified atom stereocenters. The van der Waals surface area contributed by atoms with Crippen LogP contribution in [0.25, 0.3) is 0 Å². The van der Waals surface area contributed by atoms with E-state index in [0.29, 0.717) is 0 Å². The topological polar surface area (TPSA) is 27.7 Å². The summed E-state index contributed by atoms with van der Waals surface area (Å²) in [5.41, 5.74) is 0. The number of unbranched alkanes of at least 4 members (excludes halogenated alkanes) is 4. The Morgan fingerprint density at radius 3 is 1.64 bits per heavy atom. The van der Waals surface area contributed by atoms with Gasteiger partial charge in [0.1, 0.15) is 0 Å². The highest BCUT2D eigenvalue weighted by molar-refractivity contribution is 6.60. The molecule has 0 aromatic carbocycles. The second-order valence-electron chi connectivity index (χ2n) is 6.23. The number of quaternary nitrogens is 1. The van der Waals surface area contributed by atoms with E-state index in [4.69, 9.17) is 13.3 Å². The van der Waals surface area contributed by atoms with Crippen LogP contribution in [0.2, 0.25) is 6.04 Å². The van der Waals surface area contributed by atoms with Crippen molar-refractivity contribution >= 4 is 8.80 Å². The molecular weight excluding hydrogens is 294 g/mol. The van der Waals surface area contributed by atoms with Crippen LogP contribution in [0, 0.1) is 0 Å². The molecule has 0 spiro atoms. The van der Waals surface area contributed by atoms with Crippen molar-refractivity contribution in [3.8, 4) is 0 Å². The molecule has 0 amide bonds. The first-order chi connectivity index (χ1) is 10.6. The molecule has 4 nitrogen and oxygen atoms in total. The van der Waals surface area contributed by atoms with Crippen LogP contribution >= 0.6 is 0 Å². The quantitative estimate of drug-likeness (QED) is 0.256. The Balaban J connectivity index is 3.85. The lowest BCUT2D eigenvalue weighted by Crippen LogP contribution is -2.48. The Kier molecular flexibility index (Phi) is 12.5. The molecule has 0 saturated heterocycles. The third-order valence-electron chi connectivity index (χ3n) is 5.09. The SMILES string of the molecule is CCC[N+](CC)(CC)CCCCCCC[Si](OC)(OC)OC. The summed E-state index contributed by atoms with van der Waals surface area (Å²) in [7, 11) is 2.74. The van der Waals surface area contributed by atoms with E-state index in [1.807, 2.05) is 0 Å². The van der Waals surface area contributed by atoms with Crippen molar-refractivity contribution < 1.29 is 17.8 Å². The van der Waals surface area contributed by atoms with Gasteiger partial charge >= 0.3 is 8.80 Å². The van der Waals surface area contributed by atoms with E-state index in [-0.39, 0.29) is 0 Å². The fourth-order valence-electron chi connectivity index (χ4n) is 3.32. The lowest BCUT2D eigenvalue weighted by Gasteiger charge is -2.36. The van der Waals surface area contributed by atoms with E-state index in [9.17, 15) is 0 Å². The largest absolute Gasteiger partial charge is 0.500 e. The first-order valence-corrected chi connectivity index (χ1v) is 11.0. The monoisotopic (exact) mass is 334 g/mol. The summed E-state index contributed by atoms with van der Waals surface area (Å²) in [5, 5.41) is 0. The number of hydrogen-bond donors (Lipinski definition) is 0. The highest BCUT2D eigenvalue weighted by atomic mass is 28.4. The summed E-state index contributed by atoms with van der Waals surface area (Å²) in [6, 6.07) is 0.927. The molecule has 0 rings (SSSR count). The van der Waals surface area contributed by atoms with Crippen LogP contribution in [0.1, 0.15) is 59.3 Å². The molecule has 0 aliphatic rings. The van der Waals surface area contributed by atoms with Crippen LogP contribution in [0.5, 0.6) is 0 Å². The first kappa shape index (κ1) is 22.1. The fraction of sp³-hybridized carbons (Fsp3) is 1.00. The van der Waals surface area contributed by atoms with Gasteiger partial charge < -0.3 is 17.8 Å². The zero-order chi connectivity index (χ0) is 16.9. The van der Waals surface area contributed by atoms with Gasteiger partial charge in [-0.1, -0.05) is 19.8 Å². The highest BCUT2D eigenvalue weighted by Gasteiger charge is 2.36. The third kappa shape index (κ3) is 7.55. The standard InChI is InChI=1S/C17H40NO3Si/c1-7-15-18(8-2,9-3)16-13-11-10-12-14-17-22(19-4,20-5)21-6/h7-17H2,1-6H3/q+1. The molecule has 0 saturated carbocycles. The van der Waals surface area contributed by atoms with Crippen LogP contribution < -0.4 is 0 Å². The molecule has 0 aliphatic carbocycles. The van der Waals surface area contributed by atoms with Crippen molar-refractivity contribution in [1.82, 2.24) is 0 Å². The molecule has 0 atom stereocenters. The van der Waals surface area contributed by atoms with E-state index in [1.54, 1.807) is 21.3 Å². The van der Waals surface area contributed by atoms with Gasteiger partial charge in [0.15, 0.2) is 0 Å². The molecule has 134 valence electrons. The van der Waals surface area contributed by atoms with Crippen molar-refractivity contribution in [2.24, 2.45) is 0 Å². The smallest absolute Gasteiger partial charge is 0.377 e. The van der Waals surface area contributed by atoms with Crippen LogP contribution in [-0.2, 0) is 13.3 Å². The minimum atomic E-state index is -2.34. The van der Waals surface area contributed by atoms with Crippen molar-refractivity contribution in [1.29, 1.82) is 0 Å². The summed E-state index contributed by atoms with van der Waals surface area (Å²) in [6.07, 6.45) is 7.67. The lowest BCUT2D eigenvalue weighted by molar-refractivity contribution is -0.925. The Hall–Kier alpha value is 0.0569. The molecule has 0 bridgehead atoms. The normalized spacial score (nSPS) is 12.8. The van der Waals surface area contributed by atoms with E-state index in [1.165, 1.54) is 62.8 Å². The number of rotatable bonds is 15. The average Bonchev–Trinajstić information content (AvgIpc) is 2.57. The van der Waals surface area contributed by atoms with Gasteiger partial charge in [-0.3, -0.25) is 0 Å². The van der Waals surface area contributed by atoms with Crippen LogP contribution in [0.4, 0.5) is 0 Å². The summed E-state index contributed by atoms with van der Waals surface area (Å²) >= 11 is 0. The average molecular weight is 335 g/mol. The van der Waals surface area contributed by atoms with Gasteiger partial charge in [-0.25, -0.2) is 0 Å². The molecule has 22 heavy (non-hydrogen) atoms. The van der Waals surface area contributed by atoms with Gasteiger partial charge in [-0.2, -0.15) is 0 Å². The molecule has 0 aromatic heterocycles. The predicted octanol–water partition coefficient (Wildman–Crippen LogP) is 4.08. The van der Waals surface area contributed by atoms with Gasteiger partial charge in [0, 0.05) is 27.4 Å². The Bertz CT molecular complexity index is 248. The Morgan fingerprint density at radius 1 is 0.682 bits per heavy atom. The summed E-state index contributed by atoms with van der Waals surface area (Å²) in [5.74, 6) is 0. The van der Waals surface area contributed by atoms with Gasteiger partial charge in [0.05, 0.1) is 26.2 Å². The van der Waals surface area contributed by atoms with Crippen LogP contribution in [0.3, 0.4) is 0 Å². The summed E-state index contributed by atoms with van der Waals surface area (Å²) in [4.78, 5) is 0. The maximum Gasteiger partial charge on any atom is 0.500 e. The van der Waals surface area contributed by atoms with Crippen LogP contribution in [-0.4, -0.2) is 60.8 Å². The van der Waals surface area contributed by atoms with Crippen molar-refractivity contribution in [3.05, 3.63) is 0 Å². The maximum atomic E-state index is 5.46. The molecule has 0 aliphatic heterocycles. The van der Waals surface area contributed by atoms with E-state index >= 15 is 0 Å².